The molecular formula is C18H26N6O4. The van der Waals surface area contributed by atoms with Gasteiger partial charge in [0.05, 0.1) is 12.4 Å². The number of aliphatic hydroxyl groups excluding tert-OH is 2. The average Bonchev–Trinajstić information content (AvgIpc) is 3.38. The largest absolute Gasteiger partial charge is 0.388 e. The van der Waals surface area contributed by atoms with E-state index in [2.05, 4.69) is 20.3 Å². The quantitative estimate of drug-likeness (QED) is 0.533. The number of nitrogens with one attached hydrogen (secondary N) is 1. The van der Waals surface area contributed by atoms with Crippen LogP contribution in [0.15, 0.2) is 12.7 Å². The van der Waals surface area contributed by atoms with Crippen molar-refractivity contribution in [1.29, 1.82) is 0 Å². The summed E-state index contributed by atoms with van der Waals surface area (Å²) < 4.78 is 7.51. The first-order chi connectivity index (χ1) is 13.5. The van der Waals surface area contributed by atoms with Crippen molar-refractivity contribution in [2.75, 3.05) is 5.32 Å². The summed E-state index contributed by atoms with van der Waals surface area (Å²) in [6, 6.07) is 0.382. The first-order valence-corrected chi connectivity index (χ1v) is 9.78. The summed E-state index contributed by atoms with van der Waals surface area (Å²) in [4.78, 5) is 24.0. The van der Waals surface area contributed by atoms with Crippen molar-refractivity contribution in [2.24, 2.45) is 5.73 Å². The summed E-state index contributed by atoms with van der Waals surface area (Å²) in [5.41, 5.74) is 6.29. The molecule has 4 rings (SSSR count). The zero-order chi connectivity index (χ0) is 19.7. The number of aliphatic hydroxyl groups is 2. The molecule has 10 nitrogen and oxygen atoms in total. The summed E-state index contributed by atoms with van der Waals surface area (Å²) in [6.07, 6.45) is 5.16. The number of imidazole rings is 1. The summed E-state index contributed by atoms with van der Waals surface area (Å²) in [6.45, 7) is 0. The van der Waals surface area contributed by atoms with Crippen LogP contribution in [0.4, 0.5) is 5.82 Å². The zero-order valence-corrected chi connectivity index (χ0v) is 15.6. The van der Waals surface area contributed by atoms with Gasteiger partial charge in [-0.2, -0.15) is 0 Å². The highest BCUT2D eigenvalue weighted by atomic mass is 16.6. The van der Waals surface area contributed by atoms with Gasteiger partial charge in [-0.3, -0.25) is 9.36 Å². The number of rotatable bonds is 7. The molecule has 152 valence electrons. The second-order valence-corrected chi connectivity index (χ2v) is 7.58. The molecule has 3 heterocycles. The highest BCUT2D eigenvalue weighted by Gasteiger charge is 2.44. The Morgan fingerprint density at radius 1 is 1.25 bits per heavy atom. The Labute approximate surface area is 162 Å². The number of aromatic nitrogens is 4. The topological polar surface area (TPSA) is 148 Å². The maximum absolute atomic E-state index is 10.9. The van der Waals surface area contributed by atoms with E-state index in [1.54, 1.807) is 10.9 Å². The van der Waals surface area contributed by atoms with Crippen molar-refractivity contribution in [3.05, 3.63) is 12.7 Å². The van der Waals surface area contributed by atoms with Crippen LogP contribution in [0.3, 0.4) is 0 Å². The first kappa shape index (κ1) is 19.0. The van der Waals surface area contributed by atoms with E-state index in [0.717, 1.165) is 12.8 Å². The van der Waals surface area contributed by atoms with Gasteiger partial charge < -0.3 is 26.0 Å². The predicted octanol–water partition coefficient (Wildman–Crippen LogP) is 0.456. The van der Waals surface area contributed by atoms with Crippen LogP contribution in [-0.4, -0.2) is 60.0 Å². The van der Waals surface area contributed by atoms with Gasteiger partial charge in [0.25, 0.3) is 0 Å². The molecule has 2 aliphatic rings. The number of primary amides is 1. The molecule has 0 spiro atoms. The van der Waals surface area contributed by atoms with E-state index in [4.69, 9.17) is 10.5 Å². The lowest BCUT2D eigenvalue weighted by Crippen LogP contribution is -2.31. The van der Waals surface area contributed by atoms with Crippen molar-refractivity contribution < 1.29 is 19.7 Å². The number of nitrogens with zero attached hydrogens (tertiary/aromatic N) is 4. The minimum atomic E-state index is -1.13. The molecule has 0 bridgehead atoms. The van der Waals surface area contributed by atoms with Crippen molar-refractivity contribution in [2.45, 2.75) is 75.5 Å². The maximum atomic E-state index is 10.9. The average molecular weight is 390 g/mol. The highest BCUT2D eigenvalue weighted by Crippen LogP contribution is 2.34. The van der Waals surface area contributed by atoms with Crippen LogP contribution in [0.25, 0.3) is 11.2 Å². The normalized spacial score (nSPS) is 28.2. The molecule has 1 aliphatic heterocycles. The fourth-order valence-electron chi connectivity index (χ4n) is 4.08. The smallest absolute Gasteiger partial charge is 0.217 e. The number of carbonyl (C=O) groups is 1. The van der Waals surface area contributed by atoms with Gasteiger partial charge in [0.15, 0.2) is 23.2 Å². The van der Waals surface area contributed by atoms with E-state index in [0.29, 0.717) is 35.9 Å². The van der Waals surface area contributed by atoms with Crippen LogP contribution in [0, 0.1) is 0 Å². The summed E-state index contributed by atoms with van der Waals surface area (Å²) in [5, 5.41) is 24.3. The molecule has 4 atom stereocenters. The lowest BCUT2D eigenvalue weighted by atomic mass is 10.0. The third-order valence-electron chi connectivity index (χ3n) is 5.58. The number of carbonyl (C=O) groups excluding carboxylic acids is 1. The molecule has 5 N–H and O–H groups in total. The highest BCUT2D eigenvalue weighted by molar-refractivity contribution is 5.82. The van der Waals surface area contributed by atoms with E-state index in [9.17, 15) is 15.0 Å². The number of anilines is 1. The molecule has 2 aromatic heterocycles. The molecule has 1 aliphatic carbocycles. The SMILES string of the molecule is NC(=O)CCC[C@H]1O[C@@H](n2cnc3c(NC4CCCC4)ncnc32)C(O)C1O. The monoisotopic (exact) mass is 390 g/mol. The molecule has 1 amide bonds. The number of nitrogens with two attached hydrogens (primary N) is 1. The molecule has 28 heavy (non-hydrogen) atoms. The van der Waals surface area contributed by atoms with Crippen LogP contribution in [0.1, 0.15) is 51.2 Å². The Balaban J connectivity index is 1.53. The molecule has 0 radical (unpaired) electrons. The van der Waals surface area contributed by atoms with E-state index in [1.165, 1.54) is 19.2 Å². The number of ether oxygens (including phenoxy) is 1. The second-order valence-electron chi connectivity index (χ2n) is 7.58. The third kappa shape index (κ3) is 3.67. The van der Waals surface area contributed by atoms with Crippen molar-refractivity contribution >= 4 is 22.9 Å². The van der Waals surface area contributed by atoms with Gasteiger partial charge in [0.1, 0.15) is 18.5 Å². The number of amides is 1. The molecule has 0 aromatic carbocycles. The maximum Gasteiger partial charge on any atom is 0.217 e. The van der Waals surface area contributed by atoms with E-state index < -0.39 is 30.4 Å². The summed E-state index contributed by atoms with van der Waals surface area (Å²) in [7, 11) is 0. The van der Waals surface area contributed by atoms with Gasteiger partial charge in [-0.15, -0.1) is 0 Å². The Bertz CT molecular complexity index is 837. The summed E-state index contributed by atoms with van der Waals surface area (Å²) >= 11 is 0. The van der Waals surface area contributed by atoms with Crippen molar-refractivity contribution in [1.82, 2.24) is 19.5 Å². The fourth-order valence-corrected chi connectivity index (χ4v) is 4.08. The van der Waals surface area contributed by atoms with Gasteiger partial charge in [0.2, 0.25) is 5.91 Å². The molecule has 10 heteroatoms. The lowest BCUT2D eigenvalue weighted by Gasteiger charge is -2.17. The molecule has 1 saturated heterocycles. The van der Waals surface area contributed by atoms with Gasteiger partial charge in [-0.25, -0.2) is 15.0 Å². The van der Waals surface area contributed by atoms with E-state index in [-0.39, 0.29) is 6.42 Å². The number of fused-ring (bicyclic) bond motifs is 1. The minimum Gasteiger partial charge on any atom is -0.388 e. The third-order valence-corrected chi connectivity index (χ3v) is 5.58. The van der Waals surface area contributed by atoms with Crippen LogP contribution in [0.5, 0.6) is 0 Å². The Kier molecular flexibility index (Phi) is 5.42. The molecule has 2 unspecified atom stereocenters. The fraction of sp³-hybridized carbons (Fsp3) is 0.667. The van der Waals surface area contributed by atoms with Crippen LogP contribution >= 0.6 is 0 Å². The molecule has 1 saturated carbocycles. The van der Waals surface area contributed by atoms with Crippen LogP contribution < -0.4 is 11.1 Å². The minimum absolute atomic E-state index is 0.213. The summed E-state index contributed by atoms with van der Waals surface area (Å²) in [5.74, 6) is 0.269. The first-order valence-electron chi connectivity index (χ1n) is 9.78. The zero-order valence-electron chi connectivity index (χ0n) is 15.6. The van der Waals surface area contributed by atoms with Crippen molar-refractivity contribution in [3.8, 4) is 0 Å². The Morgan fingerprint density at radius 3 is 2.79 bits per heavy atom. The second kappa shape index (κ2) is 7.98. The van der Waals surface area contributed by atoms with E-state index >= 15 is 0 Å². The van der Waals surface area contributed by atoms with Crippen LogP contribution in [0.2, 0.25) is 0 Å². The van der Waals surface area contributed by atoms with Crippen molar-refractivity contribution in [3.63, 3.8) is 0 Å². The lowest BCUT2D eigenvalue weighted by molar-refractivity contribution is -0.118. The standard InChI is InChI=1S/C18H26N6O4/c19-12(25)7-3-6-11-14(26)15(27)18(28-11)24-9-22-13-16(20-8-21-17(13)24)23-10-4-1-2-5-10/h8-11,14-15,18,26-27H,1-7H2,(H2,19,25)(H,20,21,23)/t11-,14?,15?,18-/m1/s1. The van der Waals surface area contributed by atoms with Gasteiger partial charge in [-0.1, -0.05) is 12.8 Å². The van der Waals surface area contributed by atoms with Crippen LogP contribution in [-0.2, 0) is 9.53 Å². The van der Waals surface area contributed by atoms with Gasteiger partial charge >= 0.3 is 0 Å². The number of hydrogen-bond acceptors (Lipinski definition) is 8. The predicted molar refractivity (Wildman–Crippen MR) is 100 cm³/mol. The van der Waals surface area contributed by atoms with E-state index in [1.807, 2.05) is 0 Å². The molecule has 2 aromatic rings. The van der Waals surface area contributed by atoms with Gasteiger partial charge in [0, 0.05) is 12.5 Å². The Morgan fingerprint density at radius 2 is 2.04 bits per heavy atom. The number of hydrogen-bond donors (Lipinski definition) is 4. The van der Waals surface area contributed by atoms with Gasteiger partial charge in [-0.05, 0) is 25.7 Å². The Hall–Kier alpha value is -2.30. The molecule has 2 fully saturated rings. The molecular weight excluding hydrogens is 364 g/mol.